The molecule has 0 spiro atoms. The monoisotopic (exact) mass is 781 g/mol. The third-order valence-corrected chi connectivity index (χ3v) is 11.6. The number of ether oxygens (including phenoxy) is 2. The quantitative estimate of drug-likeness (QED) is 0.0787. The predicted octanol–water partition coefficient (Wildman–Crippen LogP) is 7.45. The number of anilines is 2. The third kappa shape index (κ3) is 12.1. The van der Waals surface area contributed by atoms with Crippen LogP contribution in [0.2, 0.25) is 0 Å². The van der Waals surface area contributed by atoms with E-state index in [1.165, 1.54) is 19.3 Å². The van der Waals surface area contributed by atoms with E-state index in [1.54, 1.807) is 12.1 Å². The fourth-order valence-corrected chi connectivity index (χ4v) is 8.65. The second-order valence-electron chi connectivity index (χ2n) is 17.2. The summed E-state index contributed by atoms with van der Waals surface area (Å²) in [6.07, 6.45) is 9.26. The number of nitrogens with two attached hydrogens (primary N) is 1. The number of unbranched alkanes of at least 4 members (excludes halogenated alkanes) is 2. The largest absolute Gasteiger partial charge is 0.397 e. The molecule has 0 radical (unpaired) electrons. The van der Waals surface area contributed by atoms with Crippen molar-refractivity contribution in [1.29, 1.82) is 0 Å². The first-order valence-electron chi connectivity index (χ1n) is 21.0. The molecule has 11 heteroatoms. The van der Waals surface area contributed by atoms with Gasteiger partial charge in [-0.05, 0) is 94.0 Å². The van der Waals surface area contributed by atoms with Crippen LogP contribution in [0, 0.1) is 5.92 Å². The molecule has 0 aromatic heterocycles. The SMILES string of the molecule is CC(C)(C)NC(=O)[C@H]1CC[C@H]2CCCC[C@H]2N1C[C@H]1C[C@@H](c2ccc(CO)cc2)O[C@@H](c2ccc(CNC(=O)CCCCCC(=O)Nc3ccccc3N)cc2)O1. The Morgan fingerprint density at radius 2 is 1.49 bits per heavy atom. The van der Waals surface area contributed by atoms with Gasteiger partial charge in [0.25, 0.3) is 0 Å². The highest BCUT2D eigenvalue weighted by Gasteiger charge is 2.44. The highest BCUT2D eigenvalue weighted by molar-refractivity contribution is 5.93. The molecule has 308 valence electrons. The molecule has 3 aliphatic rings. The molecular weight excluding hydrogens is 719 g/mol. The zero-order valence-corrected chi connectivity index (χ0v) is 34.0. The second-order valence-corrected chi connectivity index (χ2v) is 17.2. The fraction of sp³-hybridized carbons (Fsp3) is 0.543. The van der Waals surface area contributed by atoms with Gasteiger partial charge in [-0.2, -0.15) is 0 Å². The van der Waals surface area contributed by atoms with E-state index < -0.39 is 6.29 Å². The second kappa shape index (κ2) is 19.9. The summed E-state index contributed by atoms with van der Waals surface area (Å²) >= 11 is 0. The van der Waals surface area contributed by atoms with E-state index in [9.17, 15) is 19.5 Å². The number of nitrogens with one attached hydrogen (secondary N) is 3. The highest BCUT2D eigenvalue weighted by atomic mass is 16.7. The summed E-state index contributed by atoms with van der Waals surface area (Å²) in [4.78, 5) is 41.2. The van der Waals surface area contributed by atoms with Crippen molar-refractivity contribution in [2.24, 2.45) is 5.92 Å². The number of hydrogen-bond acceptors (Lipinski definition) is 8. The molecule has 3 aromatic carbocycles. The van der Waals surface area contributed by atoms with Crippen molar-refractivity contribution in [2.75, 3.05) is 17.6 Å². The van der Waals surface area contributed by atoms with E-state index >= 15 is 0 Å². The standard InChI is InChI=1S/C46H63N5O6/c1-46(2,3)50-44(55)40-26-25-33-11-7-10-14-39(33)51(40)29-36-27-41(34-21-19-32(30-52)20-22-34)57-45(56-36)35-23-17-31(18-24-35)28-48-42(53)15-5-4-6-16-43(54)49-38-13-9-8-12-37(38)47/h8-9,12-13,17-24,33,36,39-41,45,52H,4-7,10-11,14-16,25-30,47H2,1-3H3,(H,48,53)(H,49,54)(H,50,55)/t33-,36-,39-,40-,41+,45+/m1/s1. The molecule has 2 aliphatic heterocycles. The topological polar surface area (TPSA) is 155 Å². The van der Waals surface area contributed by atoms with Gasteiger partial charge in [0.05, 0.1) is 36.2 Å². The molecule has 6 rings (SSSR count). The minimum Gasteiger partial charge on any atom is -0.397 e. The number of para-hydroxylation sites is 2. The molecule has 11 nitrogen and oxygen atoms in total. The number of nitrogens with zero attached hydrogens (tertiary/aromatic N) is 1. The smallest absolute Gasteiger partial charge is 0.237 e. The Morgan fingerprint density at radius 3 is 2.21 bits per heavy atom. The van der Waals surface area contributed by atoms with Gasteiger partial charge < -0.3 is 36.3 Å². The average Bonchev–Trinajstić information content (AvgIpc) is 3.20. The molecule has 0 bridgehead atoms. The van der Waals surface area contributed by atoms with Gasteiger partial charge in [0, 0.05) is 49.5 Å². The number of likely N-dealkylation sites (tertiary alicyclic amines) is 1. The van der Waals surface area contributed by atoms with E-state index in [2.05, 4.69) is 20.9 Å². The summed E-state index contributed by atoms with van der Waals surface area (Å²) in [5, 5.41) is 18.8. The Bertz CT molecular complexity index is 1780. The zero-order chi connectivity index (χ0) is 40.4. The lowest BCUT2D eigenvalue weighted by molar-refractivity contribution is -0.255. The van der Waals surface area contributed by atoms with Gasteiger partial charge in [-0.15, -0.1) is 0 Å². The molecule has 1 saturated carbocycles. The van der Waals surface area contributed by atoms with Crippen LogP contribution in [-0.4, -0.2) is 58.0 Å². The number of carbonyl (C=O) groups excluding carboxylic acids is 3. The minimum absolute atomic E-state index is 0.0191. The summed E-state index contributed by atoms with van der Waals surface area (Å²) in [5.41, 5.74) is 10.5. The van der Waals surface area contributed by atoms with Gasteiger partial charge >= 0.3 is 0 Å². The summed E-state index contributed by atoms with van der Waals surface area (Å²) < 4.78 is 13.5. The van der Waals surface area contributed by atoms with Crippen molar-refractivity contribution in [3.63, 3.8) is 0 Å². The van der Waals surface area contributed by atoms with Crippen molar-refractivity contribution in [1.82, 2.24) is 15.5 Å². The number of aliphatic hydroxyl groups is 1. The van der Waals surface area contributed by atoms with Crippen LogP contribution in [-0.2, 0) is 37.0 Å². The van der Waals surface area contributed by atoms with Crippen molar-refractivity contribution >= 4 is 29.1 Å². The molecule has 0 unspecified atom stereocenters. The number of aliphatic hydroxyl groups excluding tert-OH is 1. The Hall–Kier alpha value is -4.29. The number of piperidine rings is 1. The lowest BCUT2D eigenvalue weighted by atomic mass is 9.75. The Kier molecular flexibility index (Phi) is 14.8. The van der Waals surface area contributed by atoms with Gasteiger partial charge in [0.1, 0.15) is 0 Å². The van der Waals surface area contributed by atoms with Crippen molar-refractivity contribution < 1.29 is 29.0 Å². The van der Waals surface area contributed by atoms with Crippen molar-refractivity contribution in [3.05, 3.63) is 95.1 Å². The molecule has 6 atom stereocenters. The summed E-state index contributed by atoms with van der Waals surface area (Å²) in [7, 11) is 0. The van der Waals surface area contributed by atoms with Crippen LogP contribution in [0.3, 0.4) is 0 Å². The van der Waals surface area contributed by atoms with E-state index in [0.717, 1.165) is 47.9 Å². The molecule has 3 fully saturated rings. The molecule has 2 saturated heterocycles. The van der Waals surface area contributed by atoms with Gasteiger partial charge in [-0.3, -0.25) is 19.3 Å². The minimum atomic E-state index is -0.615. The summed E-state index contributed by atoms with van der Waals surface area (Å²) in [6.45, 7) is 7.15. The molecule has 6 N–H and O–H groups in total. The lowest BCUT2D eigenvalue weighted by Crippen LogP contribution is -2.61. The summed E-state index contributed by atoms with van der Waals surface area (Å²) in [6, 6.07) is 23.3. The maximum Gasteiger partial charge on any atom is 0.237 e. The Labute approximate surface area is 338 Å². The maximum atomic E-state index is 13.8. The molecule has 3 amide bonds. The molecule has 1 aliphatic carbocycles. The number of nitrogen functional groups attached to an aromatic ring is 1. The first-order valence-corrected chi connectivity index (χ1v) is 21.0. The molecular formula is C46H63N5O6. The lowest BCUT2D eigenvalue weighted by Gasteiger charge is -2.50. The molecule has 3 aromatic rings. The maximum absolute atomic E-state index is 13.8. The number of hydrogen-bond donors (Lipinski definition) is 5. The van der Waals surface area contributed by atoms with E-state index in [1.807, 2.05) is 81.4 Å². The third-order valence-electron chi connectivity index (χ3n) is 11.6. The van der Waals surface area contributed by atoms with Gasteiger partial charge in [0.2, 0.25) is 17.7 Å². The van der Waals surface area contributed by atoms with E-state index in [4.69, 9.17) is 15.2 Å². The normalized spacial score (nSPS) is 23.9. The van der Waals surface area contributed by atoms with Crippen molar-refractivity contribution in [2.45, 2.75) is 147 Å². The van der Waals surface area contributed by atoms with Crippen LogP contribution in [0.15, 0.2) is 72.8 Å². The fourth-order valence-electron chi connectivity index (χ4n) is 8.65. The highest BCUT2D eigenvalue weighted by Crippen LogP contribution is 2.42. The Balaban J connectivity index is 1.05. The molecule has 57 heavy (non-hydrogen) atoms. The molecule has 2 heterocycles. The van der Waals surface area contributed by atoms with Crippen LogP contribution in [0.5, 0.6) is 0 Å². The number of fused-ring (bicyclic) bond motifs is 1. The summed E-state index contributed by atoms with van der Waals surface area (Å²) in [5.74, 6) is 0.595. The van der Waals surface area contributed by atoms with Gasteiger partial charge in [0.15, 0.2) is 6.29 Å². The van der Waals surface area contributed by atoms with Crippen LogP contribution < -0.4 is 21.7 Å². The first-order chi connectivity index (χ1) is 27.5. The zero-order valence-electron chi connectivity index (χ0n) is 34.0. The average molecular weight is 782 g/mol. The number of rotatable bonds is 15. The van der Waals surface area contributed by atoms with Crippen LogP contribution in [0.1, 0.15) is 132 Å². The predicted molar refractivity (Wildman–Crippen MR) is 223 cm³/mol. The van der Waals surface area contributed by atoms with E-state index in [0.29, 0.717) is 68.5 Å². The van der Waals surface area contributed by atoms with Crippen molar-refractivity contribution in [3.8, 4) is 0 Å². The first kappa shape index (κ1) is 42.3. The van der Waals surface area contributed by atoms with E-state index in [-0.39, 0.29) is 48.1 Å². The van der Waals surface area contributed by atoms with Crippen LogP contribution in [0.4, 0.5) is 11.4 Å². The number of benzene rings is 3. The Morgan fingerprint density at radius 1 is 0.807 bits per heavy atom. The van der Waals surface area contributed by atoms with Crippen LogP contribution in [0.25, 0.3) is 0 Å². The van der Waals surface area contributed by atoms with Gasteiger partial charge in [-0.25, -0.2) is 0 Å². The van der Waals surface area contributed by atoms with Crippen LogP contribution >= 0.6 is 0 Å². The number of amides is 3. The van der Waals surface area contributed by atoms with Gasteiger partial charge in [-0.1, -0.05) is 79.9 Å². The number of carbonyl (C=O) groups is 3.